The van der Waals surface area contributed by atoms with E-state index in [1.54, 1.807) is 0 Å². The predicted molar refractivity (Wildman–Crippen MR) is 71.1 cm³/mol. The van der Waals surface area contributed by atoms with E-state index in [0.29, 0.717) is 5.82 Å². The van der Waals surface area contributed by atoms with Crippen LogP contribution < -0.4 is 10.6 Å². The molecule has 2 atom stereocenters. The van der Waals surface area contributed by atoms with Gasteiger partial charge in [0.05, 0.1) is 0 Å². The van der Waals surface area contributed by atoms with Crippen molar-refractivity contribution in [2.75, 3.05) is 23.7 Å². The van der Waals surface area contributed by atoms with E-state index in [9.17, 15) is 0 Å². The van der Waals surface area contributed by atoms with Crippen molar-refractivity contribution in [3.05, 3.63) is 11.4 Å². The quantitative estimate of drug-likeness (QED) is 0.809. The standard InChI is InChI=1S/C13H22N4/c1-8-5-9(2)7-17(6-8)13-10(3)12(14)15-11(4)16-13/h8-9H,5-7H2,1-4H3,(H2,14,15,16). The molecule has 0 amide bonds. The fourth-order valence-corrected chi connectivity index (χ4v) is 2.78. The number of anilines is 2. The lowest BCUT2D eigenvalue weighted by Crippen LogP contribution is -2.39. The number of piperidine rings is 1. The van der Waals surface area contributed by atoms with Gasteiger partial charge in [-0.15, -0.1) is 0 Å². The van der Waals surface area contributed by atoms with E-state index in [1.165, 1.54) is 6.42 Å². The van der Waals surface area contributed by atoms with Gasteiger partial charge in [0.25, 0.3) is 0 Å². The summed E-state index contributed by atoms with van der Waals surface area (Å²) in [6, 6.07) is 0. The van der Waals surface area contributed by atoms with Crippen LogP contribution >= 0.6 is 0 Å². The van der Waals surface area contributed by atoms with E-state index in [0.717, 1.165) is 42.1 Å². The fraction of sp³-hybridized carbons (Fsp3) is 0.692. The lowest BCUT2D eigenvalue weighted by molar-refractivity contribution is 0.355. The highest BCUT2D eigenvalue weighted by Crippen LogP contribution is 2.28. The number of hydrogen-bond donors (Lipinski definition) is 1. The van der Waals surface area contributed by atoms with E-state index in [-0.39, 0.29) is 0 Å². The second-order valence-electron chi connectivity index (χ2n) is 5.46. The van der Waals surface area contributed by atoms with Gasteiger partial charge in [0, 0.05) is 18.7 Å². The summed E-state index contributed by atoms with van der Waals surface area (Å²) in [5.41, 5.74) is 6.93. The molecule has 0 aromatic carbocycles. The van der Waals surface area contributed by atoms with Crippen LogP contribution in [0.4, 0.5) is 11.6 Å². The van der Waals surface area contributed by atoms with Crippen molar-refractivity contribution in [3.8, 4) is 0 Å². The Morgan fingerprint density at radius 3 is 2.29 bits per heavy atom. The van der Waals surface area contributed by atoms with Crippen molar-refractivity contribution in [3.63, 3.8) is 0 Å². The van der Waals surface area contributed by atoms with Gasteiger partial charge in [0.2, 0.25) is 0 Å². The first kappa shape index (κ1) is 12.1. The molecule has 1 aliphatic heterocycles. The van der Waals surface area contributed by atoms with Gasteiger partial charge in [-0.05, 0) is 32.1 Å². The van der Waals surface area contributed by atoms with Gasteiger partial charge < -0.3 is 10.6 Å². The highest BCUT2D eigenvalue weighted by Gasteiger charge is 2.24. The molecule has 2 N–H and O–H groups in total. The van der Waals surface area contributed by atoms with Crippen LogP contribution in [0.5, 0.6) is 0 Å². The smallest absolute Gasteiger partial charge is 0.137 e. The lowest BCUT2D eigenvalue weighted by atomic mass is 9.92. The summed E-state index contributed by atoms with van der Waals surface area (Å²) in [6.07, 6.45) is 1.30. The van der Waals surface area contributed by atoms with Crippen LogP contribution in [0, 0.1) is 25.7 Å². The summed E-state index contributed by atoms with van der Waals surface area (Å²) < 4.78 is 0. The maximum absolute atomic E-state index is 5.92. The van der Waals surface area contributed by atoms with Crippen LogP contribution in [0.3, 0.4) is 0 Å². The second-order valence-corrected chi connectivity index (χ2v) is 5.46. The Kier molecular flexibility index (Phi) is 3.22. The van der Waals surface area contributed by atoms with Crippen molar-refractivity contribution >= 4 is 11.6 Å². The number of aryl methyl sites for hydroxylation is 1. The van der Waals surface area contributed by atoms with Crippen LogP contribution in [0.25, 0.3) is 0 Å². The first-order valence-corrected chi connectivity index (χ1v) is 6.33. The minimum absolute atomic E-state index is 0.610. The zero-order valence-electron chi connectivity index (χ0n) is 11.2. The molecule has 17 heavy (non-hydrogen) atoms. The average molecular weight is 234 g/mol. The normalized spacial score (nSPS) is 25.1. The molecule has 0 spiro atoms. The summed E-state index contributed by atoms with van der Waals surface area (Å²) in [4.78, 5) is 11.1. The maximum atomic E-state index is 5.92. The summed E-state index contributed by atoms with van der Waals surface area (Å²) in [6.45, 7) is 10.6. The molecule has 0 aliphatic carbocycles. The van der Waals surface area contributed by atoms with Gasteiger partial charge in [0.1, 0.15) is 17.5 Å². The Hall–Kier alpha value is -1.32. The van der Waals surface area contributed by atoms with Crippen LogP contribution in [0.2, 0.25) is 0 Å². The molecule has 1 aromatic heterocycles. The summed E-state index contributed by atoms with van der Waals surface area (Å²) in [7, 11) is 0. The van der Waals surface area contributed by atoms with E-state index in [1.807, 2.05) is 13.8 Å². The number of aromatic nitrogens is 2. The van der Waals surface area contributed by atoms with Crippen LogP contribution in [0.15, 0.2) is 0 Å². The first-order chi connectivity index (χ1) is 7.97. The zero-order valence-corrected chi connectivity index (χ0v) is 11.2. The molecule has 2 heterocycles. The Morgan fingerprint density at radius 1 is 1.12 bits per heavy atom. The second kappa shape index (κ2) is 4.51. The molecule has 1 fully saturated rings. The van der Waals surface area contributed by atoms with Crippen molar-refractivity contribution in [2.24, 2.45) is 11.8 Å². The summed E-state index contributed by atoms with van der Waals surface area (Å²) >= 11 is 0. The average Bonchev–Trinajstić information content (AvgIpc) is 2.22. The van der Waals surface area contributed by atoms with Gasteiger partial charge in [0.15, 0.2) is 0 Å². The van der Waals surface area contributed by atoms with Gasteiger partial charge in [-0.1, -0.05) is 13.8 Å². The van der Waals surface area contributed by atoms with Gasteiger partial charge >= 0.3 is 0 Å². The lowest BCUT2D eigenvalue weighted by Gasteiger charge is -2.36. The first-order valence-electron chi connectivity index (χ1n) is 6.33. The molecule has 2 unspecified atom stereocenters. The number of rotatable bonds is 1. The molecule has 4 heteroatoms. The molecule has 0 radical (unpaired) electrons. The minimum Gasteiger partial charge on any atom is -0.383 e. The third-order valence-corrected chi connectivity index (χ3v) is 3.44. The SMILES string of the molecule is Cc1nc(N)c(C)c(N2CC(C)CC(C)C2)n1. The number of nitrogens with zero attached hydrogens (tertiary/aromatic N) is 3. The maximum Gasteiger partial charge on any atom is 0.137 e. The number of nitrogens with two attached hydrogens (primary N) is 1. The Bertz CT molecular complexity index is 406. The zero-order chi connectivity index (χ0) is 12.6. The van der Waals surface area contributed by atoms with Crippen molar-refractivity contribution in [1.29, 1.82) is 0 Å². The molecule has 0 saturated carbocycles. The highest BCUT2D eigenvalue weighted by molar-refractivity contribution is 5.56. The summed E-state index contributed by atoms with van der Waals surface area (Å²) in [5, 5.41) is 0. The van der Waals surface area contributed by atoms with E-state index < -0.39 is 0 Å². The Labute approximate surface area is 103 Å². The molecule has 1 aliphatic rings. The summed E-state index contributed by atoms with van der Waals surface area (Å²) in [5.74, 6) is 3.82. The minimum atomic E-state index is 0.610. The highest BCUT2D eigenvalue weighted by atomic mass is 15.2. The molecule has 1 aromatic rings. The third-order valence-electron chi connectivity index (χ3n) is 3.44. The van der Waals surface area contributed by atoms with E-state index >= 15 is 0 Å². The molecule has 4 nitrogen and oxygen atoms in total. The number of nitrogen functional groups attached to an aromatic ring is 1. The van der Waals surface area contributed by atoms with Crippen molar-refractivity contribution in [1.82, 2.24) is 9.97 Å². The van der Waals surface area contributed by atoms with Crippen LogP contribution in [-0.2, 0) is 0 Å². The fourth-order valence-electron chi connectivity index (χ4n) is 2.78. The largest absolute Gasteiger partial charge is 0.383 e. The molecule has 2 rings (SSSR count). The molecular formula is C13H22N4. The number of hydrogen-bond acceptors (Lipinski definition) is 4. The predicted octanol–water partition coefficient (Wildman–Crippen LogP) is 2.16. The van der Waals surface area contributed by atoms with Gasteiger partial charge in [-0.2, -0.15) is 0 Å². The molecule has 1 saturated heterocycles. The molecule has 94 valence electrons. The van der Waals surface area contributed by atoms with Crippen molar-refractivity contribution in [2.45, 2.75) is 34.1 Å². The van der Waals surface area contributed by atoms with Crippen molar-refractivity contribution < 1.29 is 0 Å². The Balaban J connectivity index is 2.33. The monoisotopic (exact) mass is 234 g/mol. The molecular weight excluding hydrogens is 212 g/mol. The molecule has 0 bridgehead atoms. The van der Waals surface area contributed by atoms with Gasteiger partial charge in [-0.25, -0.2) is 9.97 Å². The van der Waals surface area contributed by atoms with E-state index in [4.69, 9.17) is 5.73 Å². The Morgan fingerprint density at radius 2 is 1.71 bits per heavy atom. The third kappa shape index (κ3) is 2.51. The van der Waals surface area contributed by atoms with Crippen LogP contribution in [0.1, 0.15) is 31.7 Å². The topological polar surface area (TPSA) is 55.0 Å². The van der Waals surface area contributed by atoms with E-state index in [2.05, 4.69) is 28.7 Å². The van der Waals surface area contributed by atoms with Gasteiger partial charge in [-0.3, -0.25) is 0 Å². The van der Waals surface area contributed by atoms with Crippen LogP contribution in [-0.4, -0.2) is 23.1 Å².